The summed E-state index contributed by atoms with van der Waals surface area (Å²) >= 11 is 10.7. The first kappa shape index (κ1) is 30.0. The van der Waals surface area contributed by atoms with Crippen molar-refractivity contribution < 1.29 is 45.4 Å². The molecule has 12 heteroatoms. The normalized spacial score (nSPS) is 12.1. The second kappa shape index (κ2) is 11.5. The lowest BCUT2D eigenvalue weighted by Crippen LogP contribution is -2.54. The number of halogens is 8. The highest BCUT2D eigenvalue weighted by atomic mass is 35.5. The average molecular weight is 613 g/mol. The Hall–Kier alpha value is -4.02. The van der Waals surface area contributed by atoms with Gasteiger partial charge in [-0.25, -0.2) is 0 Å². The molecule has 0 atom stereocenters. The summed E-state index contributed by atoms with van der Waals surface area (Å²) in [4.78, 5) is 22.4. The van der Waals surface area contributed by atoms with Crippen molar-refractivity contribution in [3.8, 4) is 23.0 Å². The zero-order chi connectivity index (χ0) is 30.0. The Morgan fingerprint density at radius 3 is 0.927 bits per heavy atom. The van der Waals surface area contributed by atoms with Crippen LogP contribution < -0.4 is 9.47 Å². The topological polar surface area (TPSA) is 52.6 Å². The molecule has 0 aliphatic heterocycles. The van der Waals surface area contributed by atoms with Crippen molar-refractivity contribution in [3.05, 3.63) is 119 Å². The van der Waals surface area contributed by atoms with Gasteiger partial charge in [0.2, 0.25) is 5.41 Å². The number of alkyl halides is 6. The zero-order valence-electron chi connectivity index (χ0n) is 20.4. The lowest BCUT2D eigenvalue weighted by atomic mass is 9.73. The number of hydrogen-bond acceptors (Lipinski definition) is 4. The SMILES string of the molecule is O=C(Cl)c1ccc(Oc2ccc(C(c3ccc(Oc4ccc(C(=O)Cl)cc4)cc3)(C(F)(F)F)C(F)(F)F)cc2)cc1. The van der Waals surface area contributed by atoms with Gasteiger partial charge in [0.25, 0.3) is 10.5 Å². The molecule has 0 aromatic heterocycles. The Morgan fingerprint density at radius 2 is 0.707 bits per heavy atom. The third kappa shape index (κ3) is 6.18. The summed E-state index contributed by atoms with van der Waals surface area (Å²) in [6.07, 6.45) is -11.6. The van der Waals surface area contributed by atoms with Crippen LogP contribution in [0.4, 0.5) is 26.3 Å². The Balaban J connectivity index is 1.67. The molecule has 0 aliphatic carbocycles. The van der Waals surface area contributed by atoms with Gasteiger partial charge in [0.05, 0.1) is 0 Å². The van der Waals surface area contributed by atoms with E-state index in [2.05, 4.69) is 0 Å². The molecule has 0 bridgehead atoms. The van der Waals surface area contributed by atoms with E-state index in [-0.39, 0.29) is 34.1 Å². The van der Waals surface area contributed by atoms with Crippen LogP contribution in [-0.2, 0) is 5.41 Å². The van der Waals surface area contributed by atoms with E-state index in [0.29, 0.717) is 24.3 Å². The summed E-state index contributed by atoms with van der Waals surface area (Å²) in [6, 6.07) is 17.6. The van der Waals surface area contributed by atoms with E-state index in [0.717, 1.165) is 24.3 Å². The molecule has 0 saturated carbocycles. The standard InChI is InChI=1S/C29H16Cl2F6O4/c30-25(38)17-1-9-21(10-2-17)40-23-13-5-19(6-14-23)27(28(32,33)34,29(35,36)37)20-7-15-24(16-8-20)41-22-11-3-18(4-12-22)26(31)39/h1-16H. The van der Waals surface area contributed by atoms with E-state index in [1.807, 2.05) is 0 Å². The molecule has 0 aliphatic rings. The first-order chi connectivity index (χ1) is 19.2. The fraction of sp³-hybridized carbons (Fsp3) is 0.103. The number of carbonyl (C=O) groups is 2. The number of hydrogen-bond donors (Lipinski definition) is 0. The Morgan fingerprint density at radius 1 is 0.463 bits per heavy atom. The fourth-order valence-electron chi connectivity index (χ4n) is 4.11. The summed E-state index contributed by atoms with van der Waals surface area (Å²) in [5, 5.41) is -1.43. The van der Waals surface area contributed by atoms with E-state index < -0.39 is 39.4 Å². The van der Waals surface area contributed by atoms with Crippen molar-refractivity contribution in [2.75, 3.05) is 0 Å². The molecule has 212 valence electrons. The molecule has 0 radical (unpaired) electrons. The molecule has 0 unspecified atom stereocenters. The third-order valence-electron chi connectivity index (χ3n) is 6.06. The average Bonchev–Trinajstić information content (AvgIpc) is 2.90. The minimum Gasteiger partial charge on any atom is -0.457 e. The predicted octanol–water partition coefficient (Wildman–Crippen LogP) is 9.44. The van der Waals surface area contributed by atoms with Gasteiger partial charge in [-0.2, -0.15) is 26.3 Å². The molecule has 4 rings (SSSR count). The van der Waals surface area contributed by atoms with Crippen molar-refractivity contribution in [1.29, 1.82) is 0 Å². The van der Waals surface area contributed by atoms with Crippen LogP contribution in [0.1, 0.15) is 31.8 Å². The van der Waals surface area contributed by atoms with Crippen molar-refractivity contribution in [1.82, 2.24) is 0 Å². The molecule has 0 fully saturated rings. The van der Waals surface area contributed by atoms with Gasteiger partial charge >= 0.3 is 12.4 Å². The maximum absolute atomic E-state index is 14.5. The van der Waals surface area contributed by atoms with Crippen molar-refractivity contribution in [2.24, 2.45) is 0 Å². The van der Waals surface area contributed by atoms with E-state index in [4.69, 9.17) is 32.7 Å². The highest BCUT2D eigenvalue weighted by Gasteiger charge is 2.72. The molecule has 0 spiro atoms. The van der Waals surface area contributed by atoms with E-state index in [1.165, 1.54) is 48.5 Å². The van der Waals surface area contributed by atoms with Gasteiger partial charge in [-0.3, -0.25) is 9.59 Å². The van der Waals surface area contributed by atoms with Gasteiger partial charge in [-0.15, -0.1) is 0 Å². The number of benzene rings is 4. The van der Waals surface area contributed by atoms with Crippen LogP contribution >= 0.6 is 23.2 Å². The van der Waals surface area contributed by atoms with Crippen molar-refractivity contribution in [3.63, 3.8) is 0 Å². The van der Waals surface area contributed by atoms with Crippen molar-refractivity contribution in [2.45, 2.75) is 17.8 Å². The lowest BCUT2D eigenvalue weighted by molar-refractivity contribution is -0.288. The van der Waals surface area contributed by atoms with E-state index in [1.54, 1.807) is 0 Å². The van der Waals surface area contributed by atoms with Gasteiger partial charge in [0.1, 0.15) is 23.0 Å². The summed E-state index contributed by atoms with van der Waals surface area (Å²) in [5.74, 6) is 0.277. The van der Waals surface area contributed by atoms with Crippen LogP contribution in [0.3, 0.4) is 0 Å². The molecule has 4 aromatic carbocycles. The van der Waals surface area contributed by atoms with Crippen LogP contribution in [0.5, 0.6) is 23.0 Å². The highest BCUT2D eigenvalue weighted by Crippen LogP contribution is 2.56. The summed E-state index contributed by atoms with van der Waals surface area (Å²) in [7, 11) is 0. The summed E-state index contributed by atoms with van der Waals surface area (Å²) in [6.45, 7) is 0. The number of ether oxygens (including phenoxy) is 2. The van der Waals surface area contributed by atoms with Crippen LogP contribution in [-0.4, -0.2) is 22.8 Å². The Kier molecular flexibility index (Phi) is 8.37. The van der Waals surface area contributed by atoms with Gasteiger partial charge in [0.15, 0.2) is 0 Å². The minimum atomic E-state index is -5.79. The van der Waals surface area contributed by atoms with Crippen LogP contribution in [0.25, 0.3) is 0 Å². The molecule has 4 aromatic rings. The molecule has 0 N–H and O–H groups in total. The van der Waals surface area contributed by atoms with Crippen molar-refractivity contribution >= 4 is 33.7 Å². The van der Waals surface area contributed by atoms with E-state index >= 15 is 0 Å². The number of rotatable bonds is 8. The Labute approximate surface area is 239 Å². The molecule has 0 heterocycles. The monoisotopic (exact) mass is 612 g/mol. The van der Waals surface area contributed by atoms with Gasteiger partial charge in [-0.05, 0) is 107 Å². The molecule has 41 heavy (non-hydrogen) atoms. The Bertz CT molecular complexity index is 1410. The first-order valence-corrected chi connectivity index (χ1v) is 12.3. The molecule has 4 nitrogen and oxygen atoms in total. The first-order valence-electron chi connectivity index (χ1n) is 11.5. The van der Waals surface area contributed by atoms with Crippen LogP contribution in [0.2, 0.25) is 0 Å². The number of carbonyl (C=O) groups excluding carboxylic acids is 2. The predicted molar refractivity (Wildman–Crippen MR) is 139 cm³/mol. The highest BCUT2D eigenvalue weighted by molar-refractivity contribution is 6.68. The summed E-state index contributed by atoms with van der Waals surface area (Å²) in [5.41, 5.74) is -6.19. The third-order valence-corrected chi connectivity index (χ3v) is 6.50. The molecule has 0 saturated heterocycles. The second-order valence-corrected chi connectivity index (χ2v) is 9.28. The van der Waals surface area contributed by atoms with Gasteiger partial charge < -0.3 is 9.47 Å². The van der Waals surface area contributed by atoms with Crippen LogP contribution in [0.15, 0.2) is 97.1 Å². The van der Waals surface area contributed by atoms with Gasteiger partial charge in [0, 0.05) is 11.1 Å². The van der Waals surface area contributed by atoms with Gasteiger partial charge in [-0.1, -0.05) is 24.3 Å². The smallest absolute Gasteiger partial charge is 0.411 e. The largest absolute Gasteiger partial charge is 0.457 e. The summed E-state index contributed by atoms with van der Waals surface area (Å²) < 4.78 is 97.9. The second-order valence-electron chi connectivity index (χ2n) is 8.59. The van der Waals surface area contributed by atoms with E-state index in [9.17, 15) is 35.9 Å². The fourth-order valence-corrected chi connectivity index (χ4v) is 4.36. The molecular weight excluding hydrogens is 597 g/mol. The zero-order valence-corrected chi connectivity index (χ0v) is 21.9. The molecule has 0 amide bonds. The quantitative estimate of drug-likeness (QED) is 0.147. The maximum Gasteiger partial charge on any atom is 0.411 e. The molecular formula is C29H16Cl2F6O4. The maximum atomic E-state index is 14.5. The minimum absolute atomic E-state index is 0.0393. The lowest BCUT2D eigenvalue weighted by Gasteiger charge is -2.38. The van der Waals surface area contributed by atoms with Crippen LogP contribution in [0, 0.1) is 0 Å².